The van der Waals surface area contributed by atoms with Gasteiger partial charge in [0.2, 0.25) is 10.0 Å². The maximum Gasteiger partial charge on any atom is 0.245 e. The van der Waals surface area contributed by atoms with Crippen LogP contribution in [0.1, 0.15) is 5.69 Å². The van der Waals surface area contributed by atoms with Gasteiger partial charge in [-0.1, -0.05) is 0 Å². The van der Waals surface area contributed by atoms with Gasteiger partial charge in [-0.2, -0.15) is 17.0 Å². The van der Waals surface area contributed by atoms with Gasteiger partial charge in [0.25, 0.3) is 0 Å². The Morgan fingerprint density at radius 3 is 2.88 bits per heavy atom. The summed E-state index contributed by atoms with van der Waals surface area (Å²) in [7, 11) is -2.12. The van der Waals surface area contributed by atoms with Crippen molar-refractivity contribution in [1.82, 2.24) is 9.29 Å². The Labute approximate surface area is 106 Å². The SMILES string of the molecule is CSCCN(C)S(=O)(=O)c1cccnc1C#N. The van der Waals surface area contributed by atoms with Gasteiger partial charge in [-0.15, -0.1) is 0 Å². The van der Waals surface area contributed by atoms with E-state index < -0.39 is 10.0 Å². The summed E-state index contributed by atoms with van der Waals surface area (Å²) in [4.78, 5) is 3.72. The second-order valence-corrected chi connectivity index (χ2v) is 6.28. The molecule has 0 saturated carbocycles. The van der Waals surface area contributed by atoms with Crippen LogP contribution in [0.25, 0.3) is 0 Å². The minimum absolute atomic E-state index is 0.0360. The third-order valence-corrected chi connectivity index (χ3v) is 4.65. The van der Waals surface area contributed by atoms with Crippen molar-refractivity contribution in [3.8, 4) is 6.07 Å². The van der Waals surface area contributed by atoms with Crippen LogP contribution in [0.2, 0.25) is 0 Å². The summed E-state index contributed by atoms with van der Waals surface area (Å²) in [6.45, 7) is 0.406. The molecule has 1 aromatic rings. The minimum atomic E-state index is -3.62. The molecule has 0 saturated heterocycles. The Morgan fingerprint density at radius 2 is 2.29 bits per heavy atom. The first kappa shape index (κ1) is 14.0. The number of thioether (sulfide) groups is 1. The molecule has 0 radical (unpaired) electrons. The van der Waals surface area contributed by atoms with Crippen molar-refractivity contribution in [2.45, 2.75) is 4.90 Å². The highest BCUT2D eigenvalue weighted by Crippen LogP contribution is 2.16. The van der Waals surface area contributed by atoms with Crippen molar-refractivity contribution in [2.75, 3.05) is 25.6 Å². The third-order valence-electron chi connectivity index (χ3n) is 2.18. The van der Waals surface area contributed by atoms with E-state index in [2.05, 4.69) is 4.98 Å². The molecule has 1 rings (SSSR count). The van der Waals surface area contributed by atoms with Gasteiger partial charge in [-0.05, 0) is 18.4 Å². The summed E-state index contributed by atoms with van der Waals surface area (Å²) in [6.07, 6.45) is 3.31. The second kappa shape index (κ2) is 6.00. The van der Waals surface area contributed by atoms with Gasteiger partial charge in [0.15, 0.2) is 5.69 Å². The monoisotopic (exact) mass is 271 g/mol. The van der Waals surface area contributed by atoms with Crippen LogP contribution in [0.4, 0.5) is 0 Å². The molecule has 1 heterocycles. The molecule has 7 heteroatoms. The van der Waals surface area contributed by atoms with E-state index in [0.717, 1.165) is 0 Å². The first-order valence-electron chi connectivity index (χ1n) is 4.84. The van der Waals surface area contributed by atoms with E-state index >= 15 is 0 Å². The van der Waals surface area contributed by atoms with Crippen molar-refractivity contribution in [2.24, 2.45) is 0 Å². The smallest absolute Gasteiger partial charge is 0.244 e. The van der Waals surface area contributed by atoms with Gasteiger partial charge in [-0.3, -0.25) is 0 Å². The van der Waals surface area contributed by atoms with Crippen LogP contribution < -0.4 is 0 Å². The molecular weight excluding hydrogens is 258 g/mol. The van der Waals surface area contributed by atoms with Crippen LogP contribution in [0.5, 0.6) is 0 Å². The van der Waals surface area contributed by atoms with E-state index in [1.807, 2.05) is 6.26 Å². The fourth-order valence-corrected chi connectivity index (χ4v) is 3.02. The van der Waals surface area contributed by atoms with Crippen molar-refractivity contribution in [3.05, 3.63) is 24.0 Å². The molecule has 0 aliphatic heterocycles. The maximum absolute atomic E-state index is 12.1. The van der Waals surface area contributed by atoms with E-state index in [1.165, 1.54) is 29.7 Å². The van der Waals surface area contributed by atoms with Gasteiger partial charge in [0.05, 0.1) is 0 Å². The molecule has 0 N–H and O–H groups in total. The summed E-state index contributed by atoms with van der Waals surface area (Å²) in [5.41, 5.74) is -0.0662. The van der Waals surface area contributed by atoms with Crippen molar-refractivity contribution >= 4 is 21.8 Å². The van der Waals surface area contributed by atoms with Crippen LogP contribution in [-0.4, -0.2) is 43.3 Å². The Kier molecular flexibility index (Phi) is 4.93. The van der Waals surface area contributed by atoms with E-state index in [-0.39, 0.29) is 10.6 Å². The average molecular weight is 271 g/mol. The van der Waals surface area contributed by atoms with E-state index in [1.54, 1.807) is 17.8 Å². The van der Waals surface area contributed by atoms with Crippen LogP contribution >= 0.6 is 11.8 Å². The molecule has 0 atom stereocenters. The van der Waals surface area contributed by atoms with Gasteiger partial charge in [-0.25, -0.2) is 17.7 Å². The lowest BCUT2D eigenvalue weighted by atomic mass is 10.4. The molecule has 0 aliphatic rings. The minimum Gasteiger partial charge on any atom is -0.244 e. The van der Waals surface area contributed by atoms with Crippen LogP contribution in [0.15, 0.2) is 23.2 Å². The second-order valence-electron chi connectivity index (χ2n) is 3.28. The van der Waals surface area contributed by atoms with E-state index in [9.17, 15) is 8.42 Å². The Balaban J connectivity index is 3.10. The van der Waals surface area contributed by atoms with Gasteiger partial charge in [0.1, 0.15) is 11.0 Å². The van der Waals surface area contributed by atoms with E-state index in [0.29, 0.717) is 12.3 Å². The fourth-order valence-electron chi connectivity index (χ4n) is 1.19. The summed E-state index contributed by atoms with van der Waals surface area (Å²) in [5, 5.41) is 8.84. The molecule has 17 heavy (non-hydrogen) atoms. The zero-order valence-electron chi connectivity index (χ0n) is 9.62. The zero-order chi connectivity index (χ0) is 12.9. The molecule has 92 valence electrons. The predicted octanol–water partition coefficient (Wildman–Crippen LogP) is 0.937. The molecular formula is C10H13N3O2S2. The first-order chi connectivity index (χ1) is 8.04. The topological polar surface area (TPSA) is 74.1 Å². The largest absolute Gasteiger partial charge is 0.245 e. The predicted molar refractivity (Wildman–Crippen MR) is 67.1 cm³/mol. The molecule has 0 aromatic carbocycles. The lowest BCUT2D eigenvalue weighted by Gasteiger charge is -2.16. The zero-order valence-corrected chi connectivity index (χ0v) is 11.3. The fraction of sp³-hybridized carbons (Fsp3) is 0.400. The van der Waals surface area contributed by atoms with Crippen molar-refractivity contribution < 1.29 is 8.42 Å². The quantitative estimate of drug-likeness (QED) is 0.796. The van der Waals surface area contributed by atoms with Crippen molar-refractivity contribution in [3.63, 3.8) is 0 Å². The Bertz CT molecular complexity index is 523. The first-order valence-corrected chi connectivity index (χ1v) is 7.68. The summed E-state index contributed by atoms with van der Waals surface area (Å²) in [5.74, 6) is 0.706. The van der Waals surface area contributed by atoms with Crippen LogP contribution in [0.3, 0.4) is 0 Å². The number of pyridine rings is 1. The van der Waals surface area contributed by atoms with Gasteiger partial charge < -0.3 is 0 Å². The maximum atomic E-state index is 12.1. The Morgan fingerprint density at radius 1 is 1.59 bits per heavy atom. The van der Waals surface area contributed by atoms with E-state index in [4.69, 9.17) is 5.26 Å². The number of aromatic nitrogens is 1. The number of nitrogens with zero attached hydrogens (tertiary/aromatic N) is 3. The lowest BCUT2D eigenvalue weighted by molar-refractivity contribution is 0.488. The van der Waals surface area contributed by atoms with Crippen LogP contribution in [-0.2, 0) is 10.0 Å². The normalized spacial score (nSPS) is 11.4. The number of nitriles is 1. The van der Waals surface area contributed by atoms with Crippen LogP contribution in [0, 0.1) is 11.3 Å². The van der Waals surface area contributed by atoms with Gasteiger partial charge >= 0.3 is 0 Å². The molecule has 0 unspecified atom stereocenters. The summed E-state index contributed by atoms with van der Waals surface area (Å²) in [6, 6.07) is 4.70. The highest BCUT2D eigenvalue weighted by molar-refractivity contribution is 7.98. The molecule has 0 amide bonds. The molecule has 0 fully saturated rings. The standard InChI is InChI=1S/C10H13N3O2S2/c1-13(6-7-16-2)17(14,15)10-4-3-5-12-9(10)8-11/h3-5H,6-7H2,1-2H3. The molecule has 0 spiro atoms. The number of rotatable bonds is 5. The number of sulfonamides is 1. The lowest BCUT2D eigenvalue weighted by Crippen LogP contribution is -2.29. The highest BCUT2D eigenvalue weighted by Gasteiger charge is 2.23. The average Bonchev–Trinajstić information content (AvgIpc) is 2.35. The third kappa shape index (κ3) is 3.19. The summed E-state index contributed by atoms with van der Waals surface area (Å²) >= 11 is 1.56. The highest BCUT2D eigenvalue weighted by atomic mass is 32.2. The molecule has 5 nitrogen and oxygen atoms in total. The Hall–Kier alpha value is -1.10. The van der Waals surface area contributed by atoms with Crippen molar-refractivity contribution in [1.29, 1.82) is 5.26 Å². The number of hydrogen-bond acceptors (Lipinski definition) is 5. The molecule has 0 bridgehead atoms. The summed E-state index contributed by atoms with van der Waals surface area (Å²) < 4.78 is 25.5. The molecule has 1 aromatic heterocycles. The number of hydrogen-bond donors (Lipinski definition) is 0. The van der Waals surface area contributed by atoms with Gasteiger partial charge in [0, 0.05) is 25.5 Å². The molecule has 0 aliphatic carbocycles.